The van der Waals surface area contributed by atoms with Crippen molar-refractivity contribution in [3.05, 3.63) is 33.5 Å². The first-order valence-corrected chi connectivity index (χ1v) is 6.35. The largest absolute Gasteiger partial charge is 0.375 e. The molecule has 0 amide bonds. The van der Waals surface area contributed by atoms with E-state index in [9.17, 15) is 0 Å². The summed E-state index contributed by atoms with van der Waals surface area (Å²) < 4.78 is 0. The Morgan fingerprint density at radius 3 is 2.80 bits per heavy atom. The highest BCUT2D eigenvalue weighted by atomic mass is 32.1. The smallest absolute Gasteiger partial charge is 0.180 e. The van der Waals surface area contributed by atoms with E-state index >= 15 is 0 Å². The van der Waals surface area contributed by atoms with Gasteiger partial charge in [0, 0.05) is 29.0 Å². The minimum Gasteiger partial charge on any atom is -0.375 e. The minimum absolute atomic E-state index is 0.648. The van der Waals surface area contributed by atoms with Crippen LogP contribution in [0.3, 0.4) is 0 Å². The van der Waals surface area contributed by atoms with Gasteiger partial charge >= 0.3 is 0 Å². The van der Waals surface area contributed by atoms with Gasteiger partial charge in [-0.05, 0) is 18.5 Å². The molecule has 0 aromatic carbocycles. The number of aromatic nitrogens is 1. The Balaban J connectivity index is 1.90. The number of thiazole rings is 1. The van der Waals surface area contributed by atoms with Crippen LogP contribution in [0.5, 0.6) is 0 Å². The van der Waals surface area contributed by atoms with Gasteiger partial charge in [-0.1, -0.05) is 6.07 Å². The molecule has 0 unspecified atom stereocenters. The number of rotatable bonds is 4. The molecular formula is C10H13N3S2. The molecule has 0 radical (unpaired) electrons. The molecule has 0 saturated carbocycles. The number of nitrogens with two attached hydrogens (primary N) is 1. The molecule has 3 nitrogen and oxygen atoms in total. The number of nitrogens with zero attached hydrogens (tertiary/aromatic N) is 2. The summed E-state index contributed by atoms with van der Waals surface area (Å²) in [5.41, 5.74) is 5.58. The van der Waals surface area contributed by atoms with Gasteiger partial charge in [-0.25, -0.2) is 4.98 Å². The Labute approximate surface area is 97.2 Å². The molecule has 2 heterocycles. The lowest BCUT2D eigenvalue weighted by molar-refractivity contribution is 0.325. The van der Waals surface area contributed by atoms with Crippen molar-refractivity contribution in [2.75, 3.05) is 12.8 Å². The van der Waals surface area contributed by atoms with Gasteiger partial charge in [0.15, 0.2) is 5.13 Å². The van der Waals surface area contributed by atoms with Crippen molar-refractivity contribution >= 4 is 27.8 Å². The zero-order valence-corrected chi connectivity index (χ0v) is 10.1. The standard InChI is InChI=1S/C10H13N3S2/c1-13(6-8-3-2-4-14-8)7-9-5-12-10(11)15-9/h2-5H,6-7H2,1H3,(H2,11,12). The molecule has 2 aromatic rings. The van der Waals surface area contributed by atoms with Gasteiger partial charge in [0.25, 0.3) is 0 Å². The minimum atomic E-state index is 0.648. The molecule has 5 heteroatoms. The summed E-state index contributed by atoms with van der Waals surface area (Å²) >= 11 is 3.35. The van der Waals surface area contributed by atoms with Crippen molar-refractivity contribution in [2.45, 2.75) is 13.1 Å². The fourth-order valence-electron chi connectivity index (χ4n) is 1.39. The summed E-state index contributed by atoms with van der Waals surface area (Å²) in [6.07, 6.45) is 1.85. The Morgan fingerprint density at radius 1 is 1.40 bits per heavy atom. The van der Waals surface area contributed by atoms with E-state index < -0.39 is 0 Å². The third-order valence-electron chi connectivity index (χ3n) is 2.00. The molecule has 2 aromatic heterocycles. The van der Waals surface area contributed by atoms with E-state index in [1.807, 2.05) is 6.20 Å². The van der Waals surface area contributed by atoms with Crippen LogP contribution in [-0.4, -0.2) is 16.9 Å². The van der Waals surface area contributed by atoms with Crippen LogP contribution in [0.4, 0.5) is 5.13 Å². The van der Waals surface area contributed by atoms with Crippen molar-refractivity contribution in [1.29, 1.82) is 0 Å². The van der Waals surface area contributed by atoms with Crippen LogP contribution in [0.25, 0.3) is 0 Å². The Hall–Kier alpha value is -0.910. The van der Waals surface area contributed by atoms with E-state index in [0.29, 0.717) is 5.13 Å². The van der Waals surface area contributed by atoms with Gasteiger partial charge in [0.1, 0.15) is 0 Å². The monoisotopic (exact) mass is 239 g/mol. The first-order chi connectivity index (χ1) is 7.24. The molecule has 2 rings (SSSR count). The average Bonchev–Trinajstić information content (AvgIpc) is 2.77. The molecule has 0 spiro atoms. The van der Waals surface area contributed by atoms with Gasteiger partial charge in [0.05, 0.1) is 0 Å². The highest BCUT2D eigenvalue weighted by Gasteiger charge is 2.04. The van der Waals surface area contributed by atoms with Crippen LogP contribution in [0.2, 0.25) is 0 Å². The van der Waals surface area contributed by atoms with Crippen molar-refractivity contribution in [1.82, 2.24) is 9.88 Å². The molecule has 0 fully saturated rings. The SMILES string of the molecule is CN(Cc1cccs1)Cc1cnc(N)s1. The molecule has 0 saturated heterocycles. The summed E-state index contributed by atoms with van der Waals surface area (Å²) in [4.78, 5) is 8.90. The highest BCUT2D eigenvalue weighted by Crippen LogP contribution is 2.18. The van der Waals surface area contributed by atoms with Crippen LogP contribution in [0.1, 0.15) is 9.75 Å². The maximum absolute atomic E-state index is 5.58. The van der Waals surface area contributed by atoms with Crippen LogP contribution >= 0.6 is 22.7 Å². The highest BCUT2D eigenvalue weighted by molar-refractivity contribution is 7.15. The number of thiophene rings is 1. The molecule has 0 bridgehead atoms. The summed E-state index contributed by atoms with van der Waals surface area (Å²) in [5.74, 6) is 0. The molecule has 2 N–H and O–H groups in total. The average molecular weight is 239 g/mol. The maximum atomic E-state index is 5.58. The fourth-order valence-corrected chi connectivity index (χ4v) is 2.93. The molecular weight excluding hydrogens is 226 g/mol. The van der Waals surface area contributed by atoms with Crippen molar-refractivity contribution in [3.8, 4) is 0 Å². The van der Waals surface area contributed by atoms with Crippen molar-refractivity contribution in [2.24, 2.45) is 0 Å². The van der Waals surface area contributed by atoms with Crippen molar-refractivity contribution < 1.29 is 0 Å². The fraction of sp³-hybridized carbons (Fsp3) is 0.300. The Bertz CT molecular complexity index is 408. The quantitative estimate of drug-likeness (QED) is 0.891. The third-order valence-corrected chi connectivity index (χ3v) is 3.68. The second-order valence-electron chi connectivity index (χ2n) is 3.42. The second-order valence-corrected chi connectivity index (χ2v) is 5.60. The second kappa shape index (κ2) is 4.74. The summed E-state index contributed by atoms with van der Waals surface area (Å²) in [5, 5.41) is 2.75. The number of hydrogen-bond acceptors (Lipinski definition) is 5. The molecule has 0 aliphatic carbocycles. The number of hydrogen-bond donors (Lipinski definition) is 1. The number of anilines is 1. The Kier molecular flexibility index (Phi) is 3.35. The van der Waals surface area contributed by atoms with Gasteiger partial charge in [-0.15, -0.1) is 22.7 Å². The summed E-state index contributed by atoms with van der Waals surface area (Å²) in [6.45, 7) is 1.89. The van der Waals surface area contributed by atoms with Crippen LogP contribution in [-0.2, 0) is 13.1 Å². The van der Waals surface area contributed by atoms with Gasteiger partial charge in [0.2, 0.25) is 0 Å². The molecule has 0 aliphatic rings. The van der Waals surface area contributed by atoms with E-state index in [1.54, 1.807) is 22.7 Å². The molecule has 15 heavy (non-hydrogen) atoms. The van der Waals surface area contributed by atoms with Crippen LogP contribution < -0.4 is 5.73 Å². The van der Waals surface area contributed by atoms with E-state index in [4.69, 9.17) is 5.73 Å². The lowest BCUT2D eigenvalue weighted by Crippen LogP contribution is -2.15. The van der Waals surface area contributed by atoms with Gasteiger partial charge < -0.3 is 5.73 Å². The zero-order chi connectivity index (χ0) is 10.7. The predicted molar refractivity (Wildman–Crippen MR) is 66.0 cm³/mol. The zero-order valence-electron chi connectivity index (χ0n) is 8.51. The van der Waals surface area contributed by atoms with E-state index in [0.717, 1.165) is 13.1 Å². The lowest BCUT2D eigenvalue weighted by atomic mass is 10.4. The Morgan fingerprint density at radius 2 is 2.20 bits per heavy atom. The van der Waals surface area contributed by atoms with Crippen molar-refractivity contribution in [3.63, 3.8) is 0 Å². The van der Waals surface area contributed by atoms with Gasteiger partial charge in [-0.2, -0.15) is 0 Å². The summed E-state index contributed by atoms with van der Waals surface area (Å²) in [7, 11) is 2.11. The summed E-state index contributed by atoms with van der Waals surface area (Å²) in [6, 6.07) is 4.24. The first-order valence-electron chi connectivity index (χ1n) is 4.65. The normalized spacial score (nSPS) is 11.1. The van der Waals surface area contributed by atoms with Crippen LogP contribution in [0, 0.1) is 0 Å². The van der Waals surface area contributed by atoms with E-state index in [-0.39, 0.29) is 0 Å². The third kappa shape index (κ3) is 3.02. The molecule has 0 atom stereocenters. The lowest BCUT2D eigenvalue weighted by Gasteiger charge is -2.13. The number of nitrogen functional groups attached to an aromatic ring is 1. The molecule has 0 aliphatic heterocycles. The topological polar surface area (TPSA) is 42.2 Å². The predicted octanol–water partition coefficient (Wildman–Crippen LogP) is 2.42. The first kappa shape index (κ1) is 10.6. The van der Waals surface area contributed by atoms with Crippen LogP contribution in [0.15, 0.2) is 23.7 Å². The van der Waals surface area contributed by atoms with E-state index in [2.05, 4.69) is 34.4 Å². The van der Waals surface area contributed by atoms with E-state index in [1.165, 1.54) is 9.75 Å². The van der Waals surface area contributed by atoms with Gasteiger partial charge in [-0.3, -0.25) is 4.90 Å². The maximum Gasteiger partial charge on any atom is 0.180 e. The molecule has 80 valence electrons.